The van der Waals surface area contributed by atoms with Crippen molar-refractivity contribution in [1.29, 1.82) is 0 Å². The predicted molar refractivity (Wildman–Crippen MR) is 103 cm³/mol. The molecule has 0 fully saturated rings. The van der Waals surface area contributed by atoms with Gasteiger partial charge in [-0.2, -0.15) is 0 Å². The molecule has 0 aromatic heterocycles. The largest absolute Gasteiger partial charge is 0.469 e. The first-order valence-corrected chi connectivity index (χ1v) is 9.90. The summed E-state index contributed by atoms with van der Waals surface area (Å²) in [5.74, 6) is -0.137. The van der Waals surface area contributed by atoms with E-state index in [-0.39, 0.29) is 11.3 Å². The summed E-state index contributed by atoms with van der Waals surface area (Å²) in [6, 6.07) is 8.53. The first-order valence-electron chi connectivity index (χ1n) is 9.47. The van der Waals surface area contributed by atoms with Gasteiger partial charge < -0.3 is 4.74 Å². The number of aryl methyl sites for hydroxylation is 1. The Kier molecular flexibility index (Phi) is 11.6. The van der Waals surface area contributed by atoms with E-state index in [1.165, 1.54) is 63.2 Å². The molecule has 136 valence electrons. The highest BCUT2D eigenvalue weighted by Crippen LogP contribution is 2.27. The molecule has 0 saturated heterocycles. The summed E-state index contributed by atoms with van der Waals surface area (Å²) in [6.45, 7) is 2.25. The minimum absolute atomic E-state index is 0.116. The van der Waals surface area contributed by atoms with Crippen LogP contribution in [0.1, 0.15) is 87.6 Å². The summed E-state index contributed by atoms with van der Waals surface area (Å²) < 4.78 is 4.66. The lowest BCUT2D eigenvalue weighted by Crippen LogP contribution is -2.00. The number of alkyl halides is 1. The Balaban J connectivity index is 2.20. The van der Waals surface area contributed by atoms with E-state index >= 15 is 0 Å². The van der Waals surface area contributed by atoms with Gasteiger partial charge in [-0.1, -0.05) is 76.1 Å². The zero-order chi connectivity index (χ0) is 17.6. The van der Waals surface area contributed by atoms with Crippen LogP contribution in [-0.2, 0) is 16.0 Å². The Labute approximate surface area is 152 Å². The van der Waals surface area contributed by atoms with Crippen molar-refractivity contribution in [1.82, 2.24) is 0 Å². The number of carbonyl (C=O) groups is 1. The molecule has 0 amide bonds. The van der Waals surface area contributed by atoms with Crippen LogP contribution in [0.15, 0.2) is 24.3 Å². The van der Waals surface area contributed by atoms with Gasteiger partial charge in [0.25, 0.3) is 0 Å². The normalized spacial score (nSPS) is 12.1. The Bertz CT molecular complexity index is 442. The molecule has 1 aromatic rings. The lowest BCUT2D eigenvalue weighted by molar-refractivity contribution is -0.140. The molecule has 0 N–H and O–H groups in total. The molecule has 0 saturated carbocycles. The zero-order valence-electron chi connectivity index (χ0n) is 15.4. The smallest absolute Gasteiger partial charge is 0.305 e. The topological polar surface area (TPSA) is 26.3 Å². The van der Waals surface area contributed by atoms with Gasteiger partial charge in [0.15, 0.2) is 0 Å². The quantitative estimate of drug-likeness (QED) is 0.227. The standard InChI is InChI=1S/C21H33ClO2/c1-3-4-5-6-7-8-9-12-20(22)19-16-14-18(15-17-19)11-10-13-21(23)24-2/h14-17,20H,3-13H2,1-2H3. The molecule has 1 unspecified atom stereocenters. The second kappa shape index (κ2) is 13.3. The maximum absolute atomic E-state index is 11.1. The average Bonchev–Trinajstić information content (AvgIpc) is 2.61. The minimum Gasteiger partial charge on any atom is -0.469 e. The van der Waals surface area contributed by atoms with Crippen molar-refractivity contribution in [2.45, 2.75) is 82.9 Å². The van der Waals surface area contributed by atoms with E-state index in [0.29, 0.717) is 6.42 Å². The summed E-state index contributed by atoms with van der Waals surface area (Å²) in [5.41, 5.74) is 2.46. The number of halogens is 1. The molecule has 0 aliphatic heterocycles. The van der Waals surface area contributed by atoms with Gasteiger partial charge in [0.1, 0.15) is 0 Å². The first-order chi connectivity index (χ1) is 11.7. The third-order valence-corrected chi connectivity index (χ3v) is 4.95. The summed E-state index contributed by atoms with van der Waals surface area (Å²) in [6.07, 6.45) is 12.5. The van der Waals surface area contributed by atoms with E-state index in [4.69, 9.17) is 11.6 Å². The van der Waals surface area contributed by atoms with E-state index in [2.05, 4.69) is 35.9 Å². The van der Waals surface area contributed by atoms with Crippen molar-refractivity contribution in [2.24, 2.45) is 0 Å². The lowest BCUT2D eigenvalue weighted by Gasteiger charge is -2.11. The summed E-state index contributed by atoms with van der Waals surface area (Å²) in [7, 11) is 1.43. The molecule has 3 heteroatoms. The number of hydrogen-bond acceptors (Lipinski definition) is 2. The third-order valence-electron chi connectivity index (χ3n) is 4.48. The third kappa shape index (κ3) is 9.32. The molecular weight excluding hydrogens is 320 g/mol. The summed E-state index contributed by atoms with van der Waals surface area (Å²) in [4.78, 5) is 11.1. The zero-order valence-corrected chi connectivity index (χ0v) is 16.1. The lowest BCUT2D eigenvalue weighted by atomic mass is 10.0. The predicted octanol–water partition coefficient (Wildman–Crippen LogP) is 6.60. The van der Waals surface area contributed by atoms with Gasteiger partial charge in [0.05, 0.1) is 12.5 Å². The molecule has 0 aliphatic rings. The van der Waals surface area contributed by atoms with Crippen molar-refractivity contribution >= 4 is 17.6 Å². The second-order valence-electron chi connectivity index (χ2n) is 6.55. The van der Waals surface area contributed by atoms with Gasteiger partial charge in [-0.05, 0) is 30.4 Å². The van der Waals surface area contributed by atoms with E-state index in [1.807, 2.05) is 0 Å². The molecule has 1 rings (SSSR count). The number of ether oxygens (including phenoxy) is 1. The van der Waals surface area contributed by atoms with Crippen molar-refractivity contribution in [3.05, 3.63) is 35.4 Å². The van der Waals surface area contributed by atoms with Crippen LogP contribution in [0.3, 0.4) is 0 Å². The monoisotopic (exact) mass is 352 g/mol. The average molecular weight is 353 g/mol. The maximum Gasteiger partial charge on any atom is 0.305 e. The molecule has 1 aromatic carbocycles. The number of benzene rings is 1. The van der Waals surface area contributed by atoms with Gasteiger partial charge >= 0.3 is 5.97 Å². The van der Waals surface area contributed by atoms with Crippen LogP contribution >= 0.6 is 11.6 Å². The molecule has 1 atom stereocenters. The SMILES string of the molecule is CCCCCCCCCC(Cl)c1ccc(CCCC(=O)OC)cc1. The van der Waals surface area contributed by atoms with Crippen LogP contribution in [0.5, 0.6) is 0 Å². The highest BCUT2D eigenvalue weighted by Gasteiger charge is 2.08. The highest BCUT2D eigenvalue weighted by molar-refractivity contribution is 6.20. The van der Waals surface area contributed by atoms with E-state index in [0.717, 1.165) is 19.3 Å². The van der Waals surface area contributed by atoms with Crippen molar-refractivity contribution < 1.29 is 9.53 Å². The number of unbranched alkanes of at least 4 members (excludes halogenated alkanes) is 6. The van der Waals surface area contributed by atoms with Crippen molar-refractivity contribution in [2.75, 3.05) is 7.11 Å². The molecular formula is C21H33ClO2. The van der Waals surface area contributed by atoms with Gasteiger partial charge in [0, 0.05) is 6.42 Å². The number of carbonyl (C=O) groups excluding carboxylic acids is 1. The molecule has 0 bridgehead atoms. The molecule has 24 heavy (non-hydrogen) atoms. The Morgan fingerprint density at radius 2 is 1.62 bits per heavy atom. The molecule has 0 aliphatic carbocycles. The van der Waals surface area contributed by atoms with Crippen LogP contribution < -0.4 is 0 Å². The summed E-state index contributed by atoms with van der Waals surface area (Å²) >= 11 is 6.52. The second-order valence-corrected chi connectivity index (χ2v) is 7.08. The Morgan fingerprint density at radius 1 is 1.00 bits per heavy atom. The number of esters is 1. The van der Waals surface area contributed by atoms with Gasteiger partial charge in [0.2, 0.25) is 0 Å². The minimum atomic E-state index is -0.137. The van der Waals surface area contributed by atoms with Crippen LogP contribution in [0.25, 0.3) is 0 Å². The van der Waals surface area contributed by atoms with Gasteiger partial charge in [-0.15, -0.1) is 11.6 Å². The number of rotatable bonds is 13. The van der Waals surface area contributed by atoms with Crippen LogP contribution in [-0.4, -0.2) is 13.1 Å². The fourth-order valence-electron chi connectivity index (χ4n) is 2.88. The van der Waals surface area contributed by atoms with Gasteiger partial charge in [-0.25, -0.2) is 0 Å². The molecule has 0 radical (unpaired) electrons. The number of hydrogen-bond donors (Lipinski definition) is 0. The van der Waals surface area contributed by atoms with Crippen LogP contribution in [0, 0.1) is 0 Å². The van der Waals surface area contributed by atoms with E-state index in [9.17, 15) is 4.79 Å². The fourth-order valence-corrected chi connectivity index (χ4v) is 3.18. The van der Waals surface area contributed by atoms with Crippen LogP contribution in [0.2, 0.25) is 0 Å². The summed E-state index contributed by atoms with van der Waals surface area (Å²) in [5, 5.41) is 0.116. The van der Waals surface area contributed by atoms with Gasteiger partial charge in [-0.3, -0.25) is 4.79 Å². The van der Waals surface area contributed by atoms with E-state index < -0.39 is 0 Å². The van der Waals surface area contributed by atoms with E-state index in [1.54, 1.807) is 0 Å². The Hall–Kier alpha value is -1.02. The fraction of sp³-hybridized carbons (Fsp3) is 0.667. The van der Waals surface area contributed by atoms with Crippen LogP contribution in [0.4, 0.5) is 0 Å². The number of methoxy groups -OCH3 is 1. The molecule has 0 heterocycles. The first kappa shape index (κ1) is 21.0. The molecule has 0 spiro atoms. The van der Waals surface area contributed by atoms with Crippen molar-refractivity contribution in [3.63, 3.8) is 0 Å². The molecule has 2 nitrogen and oxygen atoms in total. The van der Waals surface area contributed by atoms with Crippen molar-refractivity contribution in [3.8, 4) is 0 Å². The highest BCUT2D eigenvalue weighted by atomic mass is 35.5. The maximum atomic E-state index is 11.1. The Morgan fingerprint density at radius 3 is 2.25 bits per heavy atom.